The molecule has 0 bridgehead atoms. The van der Waals surface area contributed by atoms with Crippen LogP contribution < -0.4 is 10.9 Å². The highest BCUT2D eigenvalue weighted by Gasteiger charge is 2.36. The van der Waals surface area contributed by atoms with Crippen LogP contribution >= 0.6 is 0 Å². The van der Waals surface area contributed by atoms with Crippen LogP contribution in [0.4, 0.5) is 0 Å². The summed E-state index contributed by atoms with van der Waals surface area (Å²) < 4.78 is 0. The number of amides is 1. The molecule has 0 radical (unpaired) electrons. The molecule has 1 fully saturated rings. The molecule has 1 aliphatic rings. The van der Waals surface area contributed by atoms with Crippen LogP contribution in [0.25, 0.3) is 10.9 Å². The quantitative estimate of drug-likeness (QED) is 0.776. The molecule has 0 saturated heterocycles. The molecule has 2 aromatic rings. The van der Waals surface area contributed by atoms with E-state index in [-0.39, 0.29) is 24.4 Å². The third kappa shape index (κ3) is 2.95. The lowest BCUT2D eigenvalue weighted by Crippen LogP contribution is -2.42. The molecule has 3 rings (SSSR count). The van der Waals surface area contributed by atoms with Crippen LogP contribution in [-0.2, 0) is 11.3 Å². The van der Waals surface area contributed by atoms with Crippen LogP contribution in [0.1, 0.15) is 31.5 Å². The smallest absolute Gasteiger partial charge is 0.258 e. The zero-order valence-electron chi connectivity index (χ0n) is 11.6. The second-order valence-corrected chi connectivity index (χ2v) is 5.56. The number of carbonyl (C=O) groups is 1. The molecule has 6 heteroatoms. The van der Waals surface area contributed by atoms with Gasteiger partial charge in [0.15, 0.2) is 0 Å². The summed E-state index contributed by atoms with van der Waals surface area (Å²) in [5.74, 6) is 0.181. The number of nitrogens with one attached hydrogen (secondary N) is 2. The van der Waals surface area contributed by atoms with Crippen molar-refractivity contribution in [2.45, 2.75) is 37.8 Å². The SMILES string of the molecule is O=C(CC1(O)CCC1)NCc1nc2ccccc2c(=O)[nH]1. The summed E-state index contributed by atoms with van der Waals surface area (Å²) in [5.41, 5.74) is -0.459. The predicted octanol–water partition coefficient (Wildman–Crippen LogP) is 0.844. The van der Waals surface area contributed by atoms with E-state index < -0.39 is 5.60 Å². The molecule has 1 aromatic carbocycles. The van der Waals surface area contributed by atoms with Crippen molar-refractivity contribution in [1.29, 1.82) is 0 Å². The number of para-hydroxylation sites is 1. The van der Waals surface area contributed by atoms with Gasteiger partial charge in [0, 0.05) is 0 Å². The molecule has 1 heterocycles. The Morgan fingerprint density at radius 1 is 1.38 bits per heavy atom. The van der Waals surface area contributed by atoms with Crippen LogP contribution in [0.5, 0.6) is 0 Å². The van der Waals surface area contributed by atoms with E-state index in [9.17, 15) is 14.7 Å². The number of carbonyl (C=O) groups excluding carboxylic acids is 1. The number of aromatic amines is 1. The lowest BCUT2D eigenvalue weighted by Gasteiger charge is -2.35. The molecule has 1 aromatic heterocycles. The molecular formula is C15H17N3O3. The van der Waals surface area contributed by atoms with Crippen LogP contribution in [0.2, 0.25) is 0 Å². The van der Waals surface area contributed by atoms with Crippen molar-refractivity contribution in [2.24, 2.45) is 0 Å². The molecular weight excluding hydrogens is 270 g/mol. The lowest BCUT2D eigenvalue weighted by molar-refractivity contribution is -0.130. The van der Waals surface area contributed by atoms with Gasteiger partial charge in [0.1, 0.15) is 5.82 Å². The molecule has 0 aliphatic heterocycles. The topological polar surface area (TPSA) is 95.1 Å². The summed E-state index contributed by atoms with van der Waals surface area (Å²) in [6, 6.07) is 7.05. The van der Waals surface area contributed by atoms with E-state index in [1.165, 1.54) is 0 Å². The Morgan fingerprint density at radius 2 is 2.14 bits per heavy atom. The summed E-state index contributed by atoms with van der Waals surface area (Å²) in [6.45, 7) is 0.148. The number of hydrogen-bond donors (Lipinski definition) is 3. The van der Waals surface area contributed by atoms with E-state index in [1.807, 2.05) is 6.07 Å². The number of rotatable bonds is 4. The van der Waals surface area contributed by atoms with Crippen LogP contribution in [0, 0.1) is 0 Å². The van der Waals surface area contributed by atoms with Gasteiger partial charge in [-0.2, -0.15) is 0 Å². The first-order valence-corrected chi connectivity index (χ1v) is 7.03. The number of hydrogen-bond acceptors (Lipinski definition) is 4. The third-order valence-corrected chi connectivity index (χ3v) is 3.89. The van der Waals surface area contributed by atoms with Gasteiger partial charge in [-0.15, -0.1) is 0 Å². The monoisotopic (exact) mass is 287 g/mol. The van der Waals surface area contributed by atoms with Crippen LogP contribution in [-0.4, -0.2) is 26.6 Å². The average Bonchev–Trinajstić information content (AvgIpc) is 2.43. The van der Waals surface area contributed by atoms with Gasteiger partial charge in [-0.25, -0.2) is 4.98 Å². The molecule has 6 nitrogen and oxygen atoms in total. The summed E-state index contributed by atoms with van der Waals surface area (Å²) in [5, 5.41) is 13.1. The van der Waals surface area contributed by atoms with Gasteiger partial charge in [0.25, 0.3) is 5.56 Å². The highest BCUT2D eigenvalue weighted by atomic mass is 16.3. The van der Waals surface area contributed by atoms with Crippen molar-refractivity contribution >= 4 is 16.8 Å². The summed E-state index contributed by atoms with van der Waals surface area (Å²) >= 11 is 0. The summed E-state index contributed by atoms with van der Waals surface area (Å²) in [7, 11) is 0. The van der Waals surface area contributed by atoms with Crippen molar-refractivity contribution in [1.82, 2.24) is 15.3 Å². The second-order valence-electron chi connectivity index (χ2n) is 5.56. The standard InChI is InChI=1S/C15H17N3O3/c19-13(8-15(21)6-3-7-15)16-9-12-17-11-5-2-1-4-10(11)14(20)18-12/h1-2,4-5,21H,3,6-9H2,(H,16,19)(H,17,18,20). The van der Waals surface area contributed by atoms with Gasteiger partial charge < -0.3 is 15.4 Å². The van der Waals surface area contributed by atoms with Crippen molar-refractivity contribution < 1.29 is 9.90 Å². The number of H-pyrrole nitrogens is 1. The minimum atomic E-state index is -0.839. The Morgan fingerprint density at radius 3 is 2.86 bits per heavy atom. The van der Waals surface area contributed by atoms with E-state index in [0.29, 0.717) is 29.6 Å². The van der Waals surface area contributed by atoms with Gasteiger partial charge in [0.2, 0.25) is 5.91 Å². The Kier molecular flexibility index (Phi) is 3.47. The first-order valence-electron chi connectivity index (χ1n) is 7.03. The first kappa shape index (κ1) is 13.8. The normalized spacial score (nSPS) is 16.4. The van der Waals surface area contributed by atoms with Gasteiger partial charge in [-0.3, -0.25) is 9.59 Å². The molecule has 110 valence electrons. The molecule has 0 unspecified atom stereocenters. The average molecular weight is 287 g/mol. The van der Waals surface area contributed by atoms with Gasteiger partial charge in [-0.05, 0) is 31.4 Å². The Labute approximate surface area is 121 Å². The van der Waals surface area contributed by atoms with Gasteiger partial charge in [-0.1, -0.05) is 12.1 Å². The molecule has 1 amide bonds. The van der Waals surface area contributed by atoms with Gasteiger partial charge >= 0.3 is 0 Å². The number of aromatic nitrogens is 2. The second kappa shape index (κ2) is 5.29. The fraction of sp³-hybridized carbons (Fsp3) is 0.400. The van der Waals surface area contributed by atoms with Gasteiger partial charge in [0.05, 0.1) is 29.5 Å². The minimum absolute atomic E-state index is 0.102. The zero-order valence-corrected chi connectivity index (χ0v) is 11.6. The maximum absolute atomic E-state index is 11.9. The van der Waals surface area contributed by atoms with Crippen molar-refractivity contribution in [3.8, 4) is 0 Å². The molecule has 0 spiro atoms. The fourth-order valence-electron chi connectivity index (χ4n) is 2.52. The molecule has 1 saturated carbocycles. The summed E-state index contributed by atoms with van der Waals surface area (Å²) in [4.78, 5) is 30.6. The summed E-state index contributed by atoms with van der Waals surface area (Å²) in [6.07, 6.45) is 2.41. The van der Waals surface area contributed by atoms with E-state index >= 15 is 0 Å². The fourth-order valence-corrected chi connectivity index (χ4v) is 2.52. The third-order valence-electron chi connectivity index (χ3n) is 3.89. The van der Waals surface area contributed by atoms with Crippen LogP contribution in [0.3, 0.4) is 0 Å². The molecule has 1 aliphatic carbocycles. The minimum Gasteiger partial charge on any atom is -0.389 e. The maximum Gasteiger partial charge on any atom is 0.258 e. The first-order chi connectivity index (χ1) is 10.1. The largest absolute Gasteiger partial charge is 0.389 e. The van der Waals surface area contributed by atoms with E-state index in [4.69, 9.17) is 0 Å². The van der Waals surface area contributed by atoms with Crippen LogP contribution in [0.15, 0.2) is 29.1 Å². The number of aliphatic hydroxyl groups is 1. The number of nitrogens with zero attached hydrogens (tertiary/aromatic N) is 1. The molecule has 3 N–H and O–H groups in total. The number of fused-ring (bicyclic) bond motifs is 1. The van der Waals surface area contributed by atoms with Crippen molar-refractivity contribution in [2.75, 3.05) is 0 Å². The lowest BCUT2D eigenvalue weighted by atomic mass is 9.78. The highest BCUT2D eigenvalue weighted by molar-refractivity contribution is 5.78. The van der Waals surface area contributed by atoms with E-state index in [1.54, 1.807) is 18.2 Å². The molecule has 21 heavy (non-hydrogen) atoms. The highest BCUT2D eigenvalue weighted by Crippen LogP contribution is 2.34. The van der Waals surface area contributed by atoms with E-state index in [0.717, 1.165) is 6.42 Å². The van der Waals surface area contributed by atoms with Crippen molar-refractivity contribution in [3.05, 3.63) is 40.4 Å². The zero-order chi connectivity index (χ0) is 14.9. The molecule has 0 atom stereocenters. The van der Waals surface area contributed by atoms with Crippen molar-refractivity contribution in [3.63, 3.8) is 0 Å². The van der Waals surface area contributed by atoms with E-state index in [2.05, 4.69) is 15.3 Å². The number of benzene rings is 1. The Bertz CT molecular complexity index is 734. The maximum atomic E-state index is 11.9. The Balaban J connectivity index is 1.68. The Hall–Kier alpha value is -2.21. The predicted molar refractivity (Wildman–Crippen MR) is 77.6 cm³/mol.